The number of halogens is 1. The van der Waals surface area contributed by atoms with E-state index in [0.29, 0.717) is 0 Å². The van der Waals surface area contributed by atoms with Gasteiger partial charge in [-0.1, -0.05) is 0 Å². The third kappa shape index (κ3) is 2.10. The first-order valence-corrected chi connectivity index (χ1v) is 6.64. The molecule has 3 rings (SSSR count). The summed E-state index contributed by atoms with van der Waals surface area (Å²) in [5.41, 5.74) is 3.70. The number of benzene rings is 1. The van der Waals surface area contributed by atoms with Crippen molar-refractivity contribution < 1.29 is 4.74 Å². The summed E-state index contributed by atoms with van der Waals surface area (Å²) in [4.78, 5) is 4.41. The molecule has 0 amide bonds. The molecule has 0 aliphatic rings. The van der Waals surface area contributed by atoms with Crippen LogP contribution in [0.1, 0.15) is 5.69 Å². The quantitative estimate of drug-likeness (QED) is 0.726. The van der Waals surface area contributed by atoms with Crippen molar-refractivity contribution in [3.8, 4) is 17.0 Å². The summed E-state index contributed by atoms with van der Waals surface area (Å²) in [5, 5.41) is 4.59. The molecule has 2 heterocycles. The molecule has 3 aromatic rings. The van der Waals surface area contributed by atoms with E-state index < -0.39 is 0 Å². The summed E-state index contributed by atoms with van der Waals surface area (Å²) in [6.45, 7) is 1.95. The summed E-state index contributed by atoms with van der Waals surface area (Å²) in [5.74, 6) is 0.837. The molecule has 0 unspecified atom stereocenters. The van der Waals surface area contributed by atoms with Crippen LogP contribution in [-0.2, 0) is 0 Å². The lowest BCUT2D eigenvalue weighted by atomic mass is 10.1. The largest absolute Gasteiger partial charge is 0.497 e. The molecule has 1 aromatic carbocycles. The molecule has 19 heavy (non-hydrogen) atoms. The van der Waals surface area contributed by atoms with E-state index in [0.717, 1.165) is 33.0 Å². The Labute approximate surface area is 119 Å². The minimum Gasteiger partial charge on any atom is -0.497 e. The molecule has 5 heteroatoms. The number of hydrogen-bond acceptors (Lipinski definition) is 3. The Hall–Kier alpha value is -1.88. The van der Waals surface area contributed by atoms with E-state index in [1.807, 2.05) is 43.3 Å². The normalized spacial score (nSPS) is 10.9. The Morgan fingerprint density at radius 1 is 1.11 bits per heavy atom. The van der Waals surface area contributed by atoms with Crippen LogP contribution in [0.15, 0.2) is 41.0 Å². The van der Waals surface area contributed by atoms with Gasteiger partial charge < -0.3 is 4.74 Å². The van der Waals surface area contributed by atoms with Gasteiger partial charge in [-0.25, -0.2) is 9.50 Å². The highest BCUT2D eigenvalue weighted by molar-refractivity contribution is 9.10. The van der Waals surface area contributed by atoms with Gasteiger partial charge in [-0.2, -0.15) is 5.10 Å². The summed E-state index contributed by atoms with van der Waals surface area (Å²) in [6, 6.07) is 11.8. The van der Waals surface area contributed by atoms with Gasteiger partial charge in [0.05, 0.1) is 18.5 Å². The van der Waals surface area contributed by atoms with Crippen LogP contribution < -0.4 is 4.74 Å². The maximum atomic E-state index is 5.15. The van der Waals surface area contributed by atoms with E-state index in [1.54, 1.807) is 11.6 Å². The van der Waals surface area contributed by atoms with Gasteiger partial charge in [-0.05, 0) is 59.3 Å². The molecule has 0 radical (unpaired) electrons. The minimum atomic E-state index is 0.835. The Balaban J connectivity index is 2.11. The third-order valence-corrected chi connectivity index (χ3v) is 3.88. The number of aromatic nitrogens is 3. The number of nitrogens with zero attached hydrogens (tertiary/aromatic N) is 3. The molecule has 4 nitrogen and oxygen atoms in total. The second-order valence-corrected chi connectivity index (χ2v) is 4.96. The number of fused-ring (bicyclic) bond motifs is 1. The van der Waals surface area contributed by atoms with Gasteiger partial charge >= 0.3 is 0 Å². The average Bonchev–Trinajstić information content (AvgIpc) is 2.74. The van der Waals surface area contributed by atoms with E-state index in [2.05, 4.69) is 26.0 Å². The van der Waals surface area contributed by atoms with Crippen molar-refractivity contribution in [2.24, 2.45) is 0 Å². The van der Waals surface area contributed by atoms with Crippen molar-refractivity contribution in [2.45, 2.75) is 6.92 Å². The van der Waals surface area contributed by atoms with Crippen LogP contribution in [0.2, 0.25) is 0 Å². The minimum absolute atomic E-state index is 0.835. The second kappa shape index (κ2) is 4.66. The smallest absolute Gasteiger partial charge is 0.155 e. The SMILES string of the molecule is COc1ccc(-c2ccc3nc(C)c(Br)n3n2)cc1. The highest BCUT2D eigenvalue weighted by Crippen LogP contribution is 2.23. The van der Waals surface area contributed by atoms with Crippen molar-refractivity contribution in [1.82, 2.24) is 14.6 Å². The molecule has 0 bridgehead atoms. The Morgan fingerprint density at radius 3 is 2.53 bits per heavy atom. The van der Waals surface area contributed by atoms with Crippen LogP contribution in [0.25, 0.3) is 16.9 Å². The van der Waals surface area contributed by atoms with E-state index in [-0.39, 0.29) is 0 Å². The topological polar surface area (TPSA) is 39.4 Å². The van der Waals surface area contributed by atoms with E-state index in [1.165, 1.54) is 0 Å². The lowest BCUT2D eigenvalue weighted by Gasteiger charge is -2.04. The standard InChI is InChI=1S/C14H12BrN3O/c1-9-14(15)18-13(16-9)8-7-12(17-18)10-3-5-11(19-2)6-4-10/h3-8H,1-2H3. The van der Waals surface area contributed by atoms with Crippen molar-refractivity contribution in [1.29, 1.82) is 0 Å². The van der Waals surface area contributed by atoms with Gasteiger partial charge in [0.25, 0.3) is 0 Å². The van der Waals surface area contributed by atoms with Crippen LogP contribution in [0.3, 0.4) is 0 Å². The lowest BCUT2D eigenvalue weighted by Crippen LogP contribution is -1.94. The van der Waals surface area contributed by atoms with Crippen LogP contribution in [0.5, 0.6) is 5.75 Å². The zero-order chi connectivity index (χ0) is 13.4. The molecule has 0 fully saturated rings. The maximum Gasteiger partial charge on any atom is 0.155 e. The van der Waals surface area contributed by atoms with E-state index in [4.69, 9.17) is 4.74 Å². The van der Waals surface area contributed by atoms with Crippen LogP contribution >= 0.6 is 15.9 Å². The monoisotopic (exact) mass is 317 g/mol. The van der Waals surface area contributed by atoms with Crippen molar-refractivity contribution in [3.05, 3.63) is 46.7 Å². The highest BCUT2D eigenvalue weighted by Gasteiger charge is 2.08. The summed E-state index contributed by atoms with van der Waals surface area (Å²) >= 11 is 3.50. The molecular formula is C14H12BrN3O. The number of ether oxygens (including phenoxy) is 1. The number of rotatable bonds is 2. The van der Waals surface area contributed by atoms with Crippen LogP contribution in [0, 0.1) is 6.92 Å². The molecule has 0 saturated carbocycles. The van der Waals surface area contributed by atoms with Crippen LogP contribution in [-0.4, -0.2) is 21.7 Å². The van der Waals surface area contributed by atoms with Crippen molar-refractivity contribution in [3.63, 3.8) is 0 Å². The number of aryl methyl sites for hydroxylation is 1. The first-order chi connectivity index (χ1) is 9.19. The fourth-order valence-corrected chi connectivity index (χ4v) is 2.28. The van der Waals surface area contributed by atoms with E-state index in [9.17, 15) is 0 Å². The molecule has 0 spiro atoms. The van der Waals surface area contributed by atoms with Gasteiger partial charge in [0, 0.05) is 5.56 Å². The Morgan fingerprint density at radius 2 is 1.84 bits per heavy atom. The first kappa shape index (κ1) is 12.2. The molecule has 0 atom stereocenters. The summed E-state index contributed by atoms with van der Waals surface area (Å²) < 4.78 is 7.84. The molecule has 0 aliphatic carbocycles. The zero-order valence-corrected chi connectivity index (χ0v) is 12.2. The van der Waals surface area contributed by atoms with E-state index >= 15 is 0 Å². The Kier molecular flexibility index (Phi) is 2.98. The molecule has 0 aliphatic heterocycles. The fourth-order valence-electron chi connectivity index (χ4n) is 1.93. The number of methoxy groups -OCH3 is 1. The molecular weight excluding hydrogens is 306 g/mol. The van der Waals surface area contributed by atoms with Crippen molar-refractivity contribution in [2.75, 3.05) is 7.11 Å². The number of imidazole rings is 1. The predicted octanol–water partition coefficient (Wildman–Crippen LogP) is 3.48. The highest BCUT2D eigenvalue weighted by atomic mass is 79.9. The third-order valence-electron chi connectivity index (χ3n) is 2.97. The second-order valence-electron chi connectivity index (χ2n) is 4.21. The van der Waals surface area contributed by atoms with Gasteiger partial charge in [0.15, 0.2) is 5.65 Å². The zero-order valence-electron chi connectivity index (χ0n) is 10.6. The van der Waals surface area contributed by atoms with Gasteiger partial charge in [-0.3, -0.25) is 0 Å². The molecule has 2 aromatic heterocycles. The number of hydrogen-bond donors (Lipinski definition) is 0. The molecule has 96 valence electrons. The summed E-state index contributed by atoms with van der Waals surface area (Å²) in [6.07, 6.45) is 0. The van der Waals surface area contributed by atoms with Crippen molar-refractivity contribution >= 4 is 21.6 Å². The van der Waals surface area contributed by atoms with Crippen LogP contribution in [0.4, 0.5) is 0 Å². The van der Waals surface area contributed by atoms with Gasteiger partial charge in [0.1, 0.15) is 10.4 Å². The Bertz CT molecular complexity index is 734. The molecule has 0 N–H and O–H groups in total. The first-order valence-electron chi connectivity index (χ1n) is 5.85. The summed E-state index contributed by atoms with van der Waals surface area (Å²) in [7, 11) is 1.66. The fraction of sp³-hybridized carbons (Fsp3) is 0.143. The average molecular weight is 318 g/mol. The molecule has 0 saturated heterocycles. The lowest BCUT2D eigenvalue weighted by molar-refractivity contribution is 0.415. The predicted molar refractivity (Wildman–Crippen MR) is 77.4 cm³/mol. The van der Waals surface area contributed by atoms with Gasteiger partial charge in [0.2, 0.25) is 0 Å². The maximum absolute atomic E-state index is 5.15. The van der Waals surface area contributed by atoms with Gasteiger partial charge in [-0.15, -0.1) is 0 Å².